The fraction of sp³-hybridized carbons (Fsp3) is 0.0588. The number of para-hydroxylation sites is 1. The third-order valence-electron chi connectivity index (χ3n) is 3.43. The summed E-state index contributed by atoms with van der Waals surface area (Å²) in [5.41, 5.74) is 1.91. The van der Waals surface area contributed by atoms with Crippen molar-refractivity contribution < 1.29 is 4.79 Å². The second-order valence-corrected chi connectivity index (χ2v) is 7.40. The highest BCUT2D eigenvalue weighted by atomic mass is 32.1. The molecule has 4 rings (SSSR count). The van der Waals surface area contributed by atoms with Crippen molar-refractivity contribution in [2.24, 2.45) is 0 Å². The van der Waals surface area contributed by atoms with E-state index in [1.807, 2.05) is 41.8 Å². The van der Waals surface area contributed by atoms with E-state index in [-0.39, 0.29) is 11.6 Å². The van der Waals surface area contributed by atoms with E-state index >= 15 is 0 Å². The molecular weight excluding hydrogens is 354 g/mol. The summed E-state index contributed by atoms with van der Waals surface area (Å²) in [7, 11) is 0. The van der Waals surface area contributed by atoms with Crippen molar-refractivity contribution in [3.05, 3.63) is 64.6 Å². The Bertz CT molecular complexity index is 1020. The fourth-order valence-corrected chi connectivity index (χ4v) is 3.84. The molecule has 0 saturated carbocycles. The van der Waals surface area contributed by atoms with Crippen molar-refractivity contribution in [2.45, 2.75) is 6.92 Å². The van der Waals surface area contributed by atoms with Gasteiger partial charge in [0.2, 0.25) is 0 Å². The minimum Gasteiger partial charge on any atom is -0.296 e. The molecule has 8 heteroatoms. The number of nitrogens with zero attached hydrogens (tertiary/aromatic N) is 4. The van der Waals surface area contributed by atoms with Crippen LogP contribution in [0.4, 0.5) is 5.13 Å². The molecule has 25 heavy (non-hydrogen) atoms. The van der Waals surface area contributed by atoms with Crippen molar-refractivity contribution in [1.29, 1.82) is 0 Å². The van der Waals surface area contributed by atoms with Crippen LogP contribution < -0.4 is 5.32 Å². The number of hydrogen-bond acceptors (Lipinski definition) is 6. The van der Waals surface area contributed by atoms with Gasteiger partial charge in [0.15, 0.2) is 10.8 Å². The molecule has 0 aliphatic heterocycles. The Morgan fingerprint density at radius 1 is 1.16 bits per heavy atom. The maximum Gasteiger partial charge on any atom is 0.279 e. The van der Waals surface area contributed by atoms with Gasteiger partial charge >= 0.3 is 0 Å². The van der Waals surface area contributed by atoms with Crippen LogP contribution in [0.5, 0.6) is 0 Å². The standard InChI is InChI=1S/C17H13N5OS2/c1-11-7-8-15(25-11)14-10-24-17(19-14)20-16(23)13-9-18-22(21-13)12-5-3-2-4-6-12/h2-10H,1H3,(H,19,20,23). The fourth-order valence-electron chi connectivity index (χ4n) is 2.23. The monoisotopic (exact) mass is 367 g/mol. The Labute approximate surface area is 151 Å². The molecule has 6 nitrogen and oxygen atoms in total. The number of hydrogen-bond donors (Lipinski definition) is 1. The third-order valence-corrected chi connectivity index (χ3v) is 5.21. The summed E-state index contributed by atoms with van der Waals surface area (Å²) in [5, 5.41) is 13.6. The molecule has 0 fully saturated rings. The highest BCUT2D eigenvalue weighted by Gasteiger charge is 2.14. The van der Waals surface area contributed by atoms with E-state index in [0.29, 0.717) is 5.13 Å². The molecule has 1 N–H and O–H groups in total. The lowest BCUT2D eigenvalue weighted by molar-refractivity contribution is 0.102. The van der Waals surface area contributed by atoms with E-state index in [2.05, 4.69) is 33.5 Å². The van der Waals surface area contributed by atoms with Crippen molar-refractivity contribution in [1.82, 2.24) is 20.0 Å². The molecule has 0 radical (unpaired) electrons. The van der Waals surface area contributed by atoms with Gasteiger partial charge in [-0.2, -0.15) is 9.90 Å². The smallest absolute Gasteiger partial charge is 0.279 e. The highest BCUT2D eigenvalue weighted by molar-refractivity contribution is 7.17. The summed E-state index contributed by atoms with van der Waals surface area (Å²) in [6.45, 7) is 2.05. The molecule has 0 bridgehead atoms. The van der Waals surface area contributed by atoms with Crippen molar-refractivity contribution in [2.75, 3.05) is 5.32 Å². The number of carbonyl (C=O) groups excluding carboxylic acids is 1. The van der Waals surface area contributed by atoms with Crippen LogP contribution in [0.1, 0.15) is 15.4 Å². The van der Waals surface area contributed by atoms with Gasteiger partial charge in [-0.3, -0.25) is 10.1 Å². The topological polar surface area (TPSA) is 72.7 Å². The quantitative estimate of drug-likeness (QED) is 0.591. The number of aryl methyl sites for hydroxylation is 1. The molecule has 0 spiro atoms. The first-order chi connectivity index (χ1) is 12.2. The predicted octanol–water partition coefficient (Wildman–Crippen LogP) is 4.01. The molecule has 3 aromatic heterocycles. The zero-order valence-electron chi connectivity index (χ0n) is 13.2. The lowest BCUT2D eigenvalue weighted by Crippen LogP contribution is -2.13. The Morgan fingerprint density at radius 3 is 2.76 bits per heavy atom. The average Bonchev–Trinajstić information content (AvgIpc) is 3.35. The van der Waals surface area contributed by atoms with E-state index < -0.39 is 0 Å². The maximum absolute atomic E-state index is 12.4. The van der Waals surface area contributed by atoms with E-state index in [4.69, 9.17) is 0 Å². The molecule has 4 aromatic rings. The number of thiophene rings is 1. The summed E-state index contributed by atoms with van der Waals surface area (Å²) in [6.07, 6.45) is 1.44. The van der Waals surface area contributed by atoms with Crippen LogP contribution in [-0.2, 0) is 0 Å². The first-order valence-corrected chi connectivity index (χ1v) is 9.20. The summed E-state index contributed by atoms with van der Waals surface area (Å²) >= 11 is 3.06. The molecule has 0 saturated heterocycles. The molecule has 0 aliphatic carbocycles. The molecule has 0 aliphatic rings. The van der Waals surface area contributed by atoms with Gasteiger partial charge in [0.05, 0.1) is 22.5 Å². The summed E-state index contributed by atoms with van der Waals surface area (Å²) in [5.74, 6) is -0.328. The van der Waals surface area contributed by atoms with Crippen LogP contribution in [0.2, 0.25) is 0 Å². The zero-order chi connectivity index (χ0) is 17.2. The number of aromatic nitrogens is 4. The van der Waals surface area contributed by atoms with Gasteiger partial charge in [-0.15, -0.1) is 27.8 Å². The Hall–Kier alpha value is -2.84. The SMILES string of the molecule is Cc1ccc(-c2csc(NC(=O)c3cnn(-c4ccccc4)n3)n2)s1. The van der Waals surface area contributed by atoms with Crippen LogP contribution in [0.15, 0.2) is 54.0 Å². The van der Waals surface area contributed by atoms with E-state index in [0.717, 1.165) is 16.3 Å². The number of thiazole rings is 1. The van der Waals surface area contributed by atoms with Gasteiger partial charge in [-0.1, -0.05) is 18.2 Å². The first kappa shape index (κ1) is 15.7. The molecular formula is C17H13N5OS2. The normalized spacial score (nSPS) is 10.8. The number of rotatable bonds is 4. The zero-order valence-corrected chi connectivity index (χ0v) is 14.8. The number of nitrogens with one attached hydrogen (secondary N) is 1. The minimum atomic E-state index is -0.328. The molecule has 1 aromatic carbocycles. The number of benzene rings is 1. The number of anilines is 1. The molecule has 3 heterocycles. The Kier molecular flexibility index (Phi) is 4.12. The molecule has 0 unspecified atom stereocenters. The average molecular weight is 367 g/mol. The van der Waals surface area contributed by atoms with E-state index in [1.54, 1.807) is 11.3 Å². The van der Waals surface area contributed by atoms with E-state index in [9.17, 15) is 4.79 Å². The summed E-state index contributed by atoms with van der Waals surface area (Å²) < 4.78 is 0. The van der Waals surface area contributed by atoms with Gasteiger partial charge in [0, 0.05) is 10.3 Å². The molecule has 1 amide bonds. The van der Waals surface area contributed by atoms with Crippen LogP contribution in [0, 0.1) is 6.92 Å². The second kappa shape index (κ2) is 6.58. The van der Waals surface area contributed by atoms with Crippen LogP contribution >= 0.6 is 22.7 Å². The molecule has 0 atom stereocenters. The van der Waals surface area contributed by atoms with Gasteiger partial charge in [0.25, 0.3) is 5.91 Å². The highest BCUT2D eigenvalue weighted by Crippen LogP contribution is 2.30. The third kappa shape index (κ3) is 3.35. The van der Waals surface area contributed by atoms with Crippen LogP contribution in [0.25, 0.3) is 16.3 Å². The number of amides is 1. The minimum absolute atomic E-state index is 0.243. The molecule has 124 valence electrons. The Morgan fingerprint density at radius 2 is 2.00 bits per heavy atom. The predicted molar refractivity (Wildman–Crippen MR) is 99.5 cm³/mol. The van der Waals surface area contributed by atoms with E-state index in [1.165, 1.54) is 27.2 Å². The van der Waals surface area contributed by atoms with Crippen LogP contribution in [-0.4, -0.2) is 25.9 Å². The van der Waals surface area contributed by atoms with Crippen molar-refractivity contribution in [3.8, 4) is 16.3 Å². The lowest BCUT2D eigenvalue weighted by atomic mass is 10.3. The van der Waals surface area contributed by atoms with Crippen LogP contribution in [0.3, 0.4) is 0 Å². The van der Waals surface area contributed by atoms with Gasteiger partial charge in [-0.05, 0) is 31.2 Å². The first-order valence-electron chi connectivity index (χ1n) is 7.50. The lowest BCUT2D eigenvalue weighted by Gasteiger charge is -1.98. The van der Waals surface area contributed by atoms with Crippen molar-refractivity contribution in [3.63, 3.8) is 0 Å². The van der Waals surface area contributed by atoms with Gasteiger partial charge < -0.3 is 0 Å². The van der Waals surface area contributed by atoms with Crippen molar-refractivity contribution >= 4 is 33.7 Å². The van der Waals surface area contributed by atoms with Gasteiger partial charge in [0.1, 0.15) is 0 Å². The summed E-state index contributed by atoms with van der Waals surface area (Å²) in [4.78, 5) is 20.6. The maximum atomic E-state index is 12.4. The second-order valence-electron chi connectivity index (χ2n) is 5.26. The Balaban J connectivity index is 1.49. The number of carbonyl (C=O) groups is 1. The van der Waals surface area contributed by atoms with Gasteiger partial charge in [-0.25, -0.2) is 4.98 Å². The largest absolute Gasteiger partial charge is 0.296 e. The summed E-state index contributed by atoms with van der Waals surface area (Å²) in [6, 6.07) is 13.5.